The molecule has 0 radical (unpaired) electrons. The third-order valence-corrected chi connectivity index (χ3v) is 6.58. The summed E-state index contributed by atoms with van der Waals surface area (Å²) in [4.78, 5) is 0. The largest absolute Gasteiger partial charge is 0.252 e. The highest BCUT2D eigenvalue weighted by Gasteiger charge is 2.24. The molecule has 17 heavy (non-hydrogen) atoms. The van der Waals surface area contributed by atoms with Crippen molar-refractivity contribution in [2.24, 2.45) is 0 Å². The van der Waals surface area contributed by atoms with Gasteiger partial charge in [-0.15, -0.1) is 11.3 Å². The first kappa shape index (κ1) is 15.6. The van der Waals surface area contributed by atoms with Gasteiger partial charge in [-0.25, -0.2) is 8.42 Å². The van der Waals surface area contributed by atoms with Crippen molar-refractivity contribution in [3.63, 3.8) is 0 Å². The van der Waals surface area contributed by atoms with Crippen molar-refractivity contribution >= 4 is 53.2 Å². The first-order chi connectivity index (χ1) is 8.02. The van der Waals surface area contributed by atoms with Crippen molar-refractivity contribution < 1.29 is 8.42 Å². The molecule has 98 valence electrons. The molecule has 0 bridgehead atoms. The zero-order valence-electron chi connectivity index (χ0n) is 9.53. The lowest BCUT2D eigenvalue weighted by Gasteiger charge is -2.19. The molecule has 1 rings (SSSR count). The molecule has 0 aliphatic rings. The summed E-state index contributed by atoms with van der Waals surface area (Å²) in [5.41, 5.74) is 0. The van der Waals surface area contributed by atoms with Crippen molar-refractivity contribution in [3.05, 3.63) is 15.9 Å². The van der Waals surface area contributed by atoms with Gasteiger partial charge in [0.1, 0.15) is 4.21 Å². The summed E-state index contributed by atoms with van der Waals surface area (Å²) in [5, 5.41) is 0.655. The molecule has 0 unspecified atom stereocenters. The van der Waals surface area contributed by atoms with E-state index in [0.717, 1.165) is 16.6 Å². The van der Waals surface area contributed by atoms with E-state index in [-0.39, 0.29) is 0 Å². The number of halogens is 2. The Labute approximate surface area is 124 Å². The minimum Gasteiger partial charge on any atom is -0.206 e. The van der Waals surface area contributed by atoms with E-state index in [1.54, 1.807) is 16.4 Å². The molecule has 3 nitrogen and oxygen atoms in total. The van der Waals surface area contributed by atoms with Gasteiger partial charge in [0, 0.05) is 18.4 Å². The lowest BCUT2D eigenvalue weighted by Crippen LogP contribution is -2.33. The highest BCUT2D eigenvalue weighted by molar-refractivity contribution is 9.11. The molecule has 0 atom stereocenters. The fourth-order valence-corrected chi connectivity index (χ4v) is 5.65. The molecular weight excluding hydrogens is 390 g/mol. The maximum absolute atomic E-state index is 12.3. The Morgan fingerprint density at radius 3 is 2.53 bits per heavy atom. The monoisotopic (exact) mass is 403 g/mol. The molecule has 0 aliphatic carbocycles. The predicted molar refractivity (Wildman–Crippen MR) is 79.5 cm³/mol. The van der Waals surface area contributed by atoms with Crippen molar-refractivity contribution in [1.29, 1.82) is 0 Å². The van der Waals surface area contributed by atoms with E-state index in [1.165, 1.54) is 11.3 Å². The summed E-state index contributed by atoms with van der Waals surface area (Å²) in [7, 11) is -3.32. The number of rotatable bonds is 7. The molecule has 0 spiro atoms. The lowest BCUT2D eigenvalue weighted by atomic mass is 10.3. The Morgan fingerprint density at radius 2 is 2.06 bits per heavy atom. The maximum atomic E-state index is 12.3. The Morgan fingerprint density at radius 1 is 1.35 bits per heavy atom. The fourth-order valence-electron chi connectivity index (χ4n) is 1.34. The second kappa shape index (κ2) is 7.23. The molecule has 0 amide bonds. The normalized spacial score (nSPS) is 12.2. The second-order valence-electron chi connectivity index (χ2n) is 3.51. The average Bonchev–Trinajstić information content (AvgIpc) is 2.71. The third kappa shape index (κ3) is 4.31. The number of sulfonamides is 1. The Bertz CT molecular complexity index is 445. The van der Waals surface area contributed by atoms with Gasteiger partial charge in [-0.05, 0) is 34.5 Å². The summed E-state index contributed by atoms with van der Waals surface area (Å²) in [6, 6.07) is 3.42. The van der Waals surface area contributed by atoms with E-state index in [9.17, 15) is 8.42 Å². The molecule has 7 heteroatoms. The van der Waals surface area contributed by atoms with Gasteiger partial charge < -0.3 is 0 Å². The van der Waals surface area contributed by atoms with E-state index in [4.69, 9.17) is 0 Å². The van der Waals surface area contributed by atoms with Crippen molar-refractivity contribution in [3.8, 4) is 0 Å². The molecular formula is C10H15Br2NO2S2. The van der Waals surface area contributed by atoms with Crippen LogP contribution in [0.3, 0.4) is 0 Å². The smallest absolute Gasteiger partial charge is 0.206 e. The van der Waals surface area contributed by atoms with Crippen LogP contribution in [0, 0.1) is 0 Å². The average molecular weight is 405 g/mol. The highest BCUT2D eigenvalue weighted by Crippen LogP contribution is 2.28. The first-order valence-electron chi connectivity index (χ1n) is 5.33. The van der Waals surface area contributed by atoms with E-state index in [1.807, 2.05) is 0 Å². The number of thiophene rings is 1. The van der Waals surface area contributed by atoms with Gasteiger partial charge in [-0.1, -0.05) is 29.3 Å². The SMILES string of the molecule is CCCCN(CCBr)S(=O)(=O)c1ccc(Br)s1. The Kier molecular flexibility index (Phi) is 6.65. The maximum Gasteiger partial charge on any atom is 0.252 e. The van der Waals surface area contributed by atoms with Crippen LogP contribution in [0.2, 0.25) is 0 Å². The zero-order chi connectivity index (χ0) is 12.9. The number of hydrogen-bond donors (Lipinski definition) is 0. The molecule has 1 heterocycles. The summed E-state index contributed by atoms with van der Waals surface area (Å²) in [6.07, 6.45) is 1.88. The van der Waals surface area contributed by atoms with Gasteiger partial charge in [0.05, 0.1) is 3.79 Å². The van der Waals surface area contributed by atoms with Gasteiger partial charge >= 0.3 is 0 Å². The van der Waals surface area contributed by atoms with Gasteiger partial charge in [0.2, 0.25) is 0 Å². The molecule has 1 aromatic heterocycles. The fraction of sp³-hybridized carbons (Fsp3) is 0.600. The number of unbranched alkanes of at least 4 members (excludes halogenated alkanes) is 1. The van der Waals surface area contributed by atoms with Crippen LogP contribution in [0.4, 0.5) is 0 Å². The minimum absolute atomic E-state index is 0.404. The molecule has 0 fully saturated rings. The second-order valence-corrected chi connectivity index (χ2v) is 8.93. The number of nitrogens with zero attached hydrogens (tertiary/aromatic N) is 1. The van der Waals surface area contributed by atoms with Gasteiger partial charge in [0.15, 0.2) is 0 Å². The first-order valence-corrected chi connectivity index (χ1v) is 9.51. The third-order valence-electron chi connectivity index (χ3n) is 2.24. The molecule has 0 N–H and O–H groups in total. The molecule has 0 aliphatic heterocycles. The summed E-state index contributed by atoms with van der Waals surface area (Å²) in [6.45, 7) is 3.15. The van der Waals surface area contributed by atoms with E-state index < -0.39 is 10.0 Å². The van der Waals surface area contributed by atoms with Crippen molar-refractivity contribution in [2.45, 2.75) is 24.0 Å². The van der Waals surface area contributed by atoms with Crippen LogP contribution in [0.25, 0.3) is 0 Å². The summed E-state index contributed by atoms with van der Waals surface area (Å²) >= 11 is 7.85. The molecule has 0 saturated heterocycles. The van der Waals surface area contributed by atoms with E-state index >= 15 is 0 Å². The van der Waals surface area contributed by atoms with Crippen LogP contribution < -0.4 is 0 Å². The Hall–Kier alpha value is 0.570. The topological polar surface area (TPSA) is 37.4 Å². The highest BCUT2D eigenvalue weighted by atomic mass is 79.9. The lowest BCUT2D eigenvalue weighted by molar-refractivity contribution is 0.423. The minimum atomic E-state index is -3.32. The predicted octanol–water partition coefficient (Wildman–Crippen LogP) is 3.70. The molecule has 0 aromatic carbocycles. The van der Waals surface area contributed by atoms with Crippen LogP contribution in [0.15, 0.2) is 20.1 Å². The number of hydrogen-bond acceptors (Lipinski definition) is 3. The number of alkyl halides is 1. The standard InChI is InChI=1S/C10H15Br2NO2S2/c1-2-3-7-13(8-6-11)17(14,15)10-5-4-9(12)16-10/h4-5H,2-3,6-8H2,1H3. The van der Waals surface area contributed by atoms with Gasteiger partial charge in [-0.3, -0.25) is 0 Å². The van der Waals surface area contributed by atoms with Crippen molar-refractivity contribution in [1.82, 2.24) is 4.31 Å². The van der Waals surface area contributed by atoms with Gasteiger partial charge in [0.25, 0.3) is 10.0 Å². The van der Waals surface area contributed by atoms with E-state index in [0.29, 0.717) is 22.6 Å². The Balaban J connectivity index is 2.91. The zero-order valence-corrected chi connectivity index (χ0v) is 14.3. The van der Waals surface area contributed by atoms with Gasteiger partial charge in [-0.2, -0.15) is 4.31 Å². The molecule has 0 saturated carbocycles. The van der Waals surface area contributed by atoms with Crippen LogP contribution >= 0.6 is 43.2 Å². The van der Waals surface area contributed by atoms with Crippen LogP contribution in [0.5, 0.6) is 0 Å². The van der Waals surface area contributed by atoms with Crippen LogP contribution in [-0.4, -0.2) is 31.1 Å². The summed E-state index contributed by atoms with van der Waals surface area (Å²) < 4.78 is 27.5. The van der Waals surface area contributed by atoms with Crippen LogP contribution in [0.1, 0.15) is 19.8 Å². The van der Waals surface area contributed by atoms with E-state index in [2.05, 4.69) is 38.8 Å². The van der Waals surface area contributed by atoms with Crippen LogP contribution in [-0.2, 0) is 10.0 Å². The summed E-state index contributed by atoms with van der Waals surface area (Å²) in [5.74, 6) is 0. The van der Waals surface area contributed by atoms with Crippen molar-refractivity contribution in [2.75, 3.05) is 18.4 Å². The molecule has 1 aromatic rings. The quantitative estimate of drug-likeness (QED) is 0.649.